The van der Waals surface area contributed by atoms with E-state index in [0.29, 0.717) is 50.6 Å². The van der Waals surface area contributed by atoms with E-state index in [-0.39, 0.29) is 5.02 Å². The highest BCUT2D eigenvalue weighted by atomic mass is 35.5. The molecule has 0 amide bonds. The van der Waals surface area contributed by atoms with Crippen molar-refractivity contribution in [2.24, 2.45) is 0 Å². The quantitative estimate of drug-likeness (QED) is 0.702. The molecular weight excluding hydrogens is 402 g/mol. The molecule has 0 unspecified atom stereocenters. The first-order valence-corrected chi connectivity index (χ1v) is 11.0. The molecule has 0 bridgehead atoms. The molecule has 1 aliphatic rings. The molecule has 8 nitrogen and oxygen atoms in total. The number of halogens is 1. The molecular formula is C18H24ClN5O3S. The molecule has 0 radical (unpaired) electrons. The molecule has 1 aromatic carbocycles. The largest absolute Gasteiger partial charge is 0.366 e. The van der Waals surface area contributed by atoms with Crippen LogP contribution in [-0.4, -0.2) is 66.1 Å². The van der Waals surface area contributed by atoms with Gasteiger partial charge in [-0.15, -0.1) is 0 Å². The van der Waals surface area contributed by atoms with Crippen molar-refractivity contribution in [1.29, 1.82) is 0 Å². The molecule has 0 spiro atoms. The van der Waals surface area contributed by atoms with E-state index in [4.69, 9.17) is 11.6 Å². The first-order chi connectivity index (χ1) is 13.4. The van der Waals surface area contributed by atoms with Crippen LogP contribution in [-0.2, 0) is 10.2 Å². The summed E-state index contributed by atoms with van der Waals surface area (Å²) in [6, 6.07) is 9.06. The van der Waals surface area contributed by atoms with Gasteiger partial charge in [0.1, 0.15) is 5.02 Å². The highest BCUT2D eigenvalue weighted by molar-refractivity contribution is 7.86. The standard InChI is InChI=1S/C18H24ClN5O3S/c1-3-22(4-2)28(26,27)23-12-10-21(11-13-23)16-14-20-24(18(25)17(16)19)15-8-6-5-7-9-15/h5-9,14H,3-4,10-13H2,1-2H3. The lowest BCUT2D eigenvalue weighted by Gasteiger charge is -2.37. The summed E-state index contributed by atoms with van der Waals surface area (Å²) in [7, 11) is -3.47. The van der Waals surface area contributed by atoms with Crippen LogP contribution in [0.4, 0.5) is 5.69 Å². The maximum absolute atomic E-state index is 12.7. The molecule has 28 heavy (non-hydrogen) atoms. The Kier molecular flexibility index (Phi) is 6.39. The van der Waals surface area contributed by atoms with Crippen molar-refractivity contribution in [2.45, 2.75) is 13.8 Å². The van der Waals surface area contributed by atoms with E-state index >= 15 is 0 Å². The molecule has 10 heteroatoms. The molecule has 0 N–H and O–H groups in total. The van der Waals surface area contributed by atoms with E-state index in [1.54, 1.807) is 18.3 Å². The number of benzene rings is 1. The highest BCUT2D eigenvalue weighted by Crippen LogP contribution is 2.24. The van der Waals surface area contributed by atoms with Crippen LogP contribution in [0.5, 0.6) is 0 Å². The minimum absolute atomic E-state index is 0.0823. The Balaban J connectivity index is 1.78. The van der Waals surface area contributed by atoms with Crippen molar-refractivity contribution in [3.8, 4) is 5.69 Å². The molecule has 1 aromatic heterocycles. The van der Waals surface area contributed by atoms with Gasteiger partial charge in [0.05, 0.1) is 17.6 Å². The molecule has 1 saturated heterocycles. The van der Waals surface area contributed by atoms with Gasteiger partial charge in [-0.25, -0.2) is 0 Å². The second-order valence-electron chi connectivity index (χ2n) is 6.37. The fourth-order valence-electron chi connectivity index (χ4n) is 3.27. The molecule has 152 valence electrons. The predicted octanol–water partition coefficient (Wildman–Crippen LogP) is 1.59. The van der Waals surface area contributed by atoms with Crippen LogP contribution < -0.4 is 10.5 Å². The molecule has 1 aliphatic heterocycles. The Bertz CT molecular complexity index is 968. The summed E-state index contributed by atoms with van der Waals surface area (Å²) in [5.41, 5.74) is 0.762. The van der Waals surface area contributed by atoms with Crippen molar-refractivity contribution in [3.05, 3.63) is 51.9 Å². The Morgan fingerprint density at radius 2 is 1.68 bits per heavy atom. The van der Waals surface area contributed by atoms with Gasteiger partial charge >= 0.3 is 0 Å². The predicted molar refractivity (Wildman–Crippen MR) is 110 cm³/mol. The minimum Gasteiger partial charge on any atom is -0.366 e. The van der Waals surface area contributed by atoms with Crippen molar-refractivity contribution in [2.75, 3.05) is 44.2 Å². The Hall–Kier alpha value is -1.94. The van der Waals surface area contributed by atoms with Crippen molar-refractivity contribution < 1.29 is 8.42 Å². The summed E-state index contributed by atoms with van der Waals surface area (Å²) >= 11 is 6.35. The van der Waals surface area contributed by atoms with Gasteiger partial charge in [0.25, 0.3) is 15.8 Å². The van der Waals surface area contributed by atoms with Crippen LogP contribution in [0.25, 0.3) is 5.69 Å². The lowest BCUT2D eigenvalue weighted by Crippen LogP contribution is -2.53. The topological polar surface area (TPSA) is 78.8 Å². The summed E-state index contributed by atoms with van der Waals surface area (Å²) in [6.45, 7) is 6.06. The van der Waals surface area contributed by atoms with Crippen molar-refractivity contribution >= 4 is 27.5 Å². The van der Waals surface area contributed by atoms with Crippen LogP contribution in [0.15, 0.2) is 41.3 Å². The fraction of sp³-hybridized carbons (Fsp3) is 0.444. The normalized spacial score (nSPS) is 15.9. The van der Waals surface area contributed by atoms with E-state index < -0.39 is 15.8 Å². The fourth-order valence-corrected chi connectivity index (χ4v) is 5.12. The third-order valence-electron chi connectivity index (χ3n) is 4.84. The number of hydrogen-bond donors (Lipinski definition) is 0. The summed E-state index contributed by atoms with van der Waals surface area (Å²) in [6.07, 6.45) is 1.56. The number of para-hydroxylation sites is 1. The summed E-state index contributed by atoms with van der Waals surface area (Å²) in [4.78, 5) is 14.6. The number of nitrogens with zero attached hydrogens (tertiary/aromatic N) is 5. The molecule has 0 saturated carbocycles. The van der Waals surface area contributed by atoms with E-state index in [2.05, 4.69) is 5.10 Å². The molecule has 2 heterocycles. The zero-order valence-electron chi connectivity index (χ0n) is 16.0. The summed E-state index contributed by atoms with van der Waals surface area (Å²) in [5.74, 6) is 0. The van der Waals surface area contributed by atoms with Gasteiger partial charge in [-0.3, -0.25) is 4.79 Å². The summed E-state index contributed by atoms with van der Waals surface area (Å²) in [5, 5.41) is 4.33. The molecule has 1 fully saturated rings. The smallest absolute Gasteiger partial charge is 0.292 e. The van der Waals surface area contributed by atoms with Gasteiger partial charge in [-0.05, 0) is 12.1 Å². The molecule has 2 aromatic rings. The number of rotatable bonds is 6. The second-order valence-corrected chi connectivity index (χ2v) is 8.68. The van der Waals surface area contributed by atoms with Gasteiger partial charge in [0.15, 0.2) is 0 Å². The van der Waals surface area contributed by atoms with Crippen molar-refractivity contribution in [3.63, 3.8) is 0 Å². The summed E-state index contributed by atoms with van der Waals surface area (Å²) < 4.78 is 29.5. The number of hydrogen-bond acceptors (Lipinski definition) is 5. The van der Waals surface area contributed by atoms with Gasteiger partial charge in [-0.2, -0.15) is 26.8 Å². The number of anilines is 1. The zero-order chi connectivity index (χ0) is 20.3. The highest BCUT2D eigenvalue weighted by Gasteiger charge is 2.31. The van der Waals surface area contributed by atoms with Crippen molar-refractivity contribution in [1.82, 2.24) is 18.4 Å². The van der Waals surface area contributed by atoms with E-state index in [9.17, 15) is 13.2 Å². The molecule has 0 aliphatic carbocycles. The lowest BCUT2D eigenvalue weighted by molar-refractivity contribution is 0.334. The Morgan fingerprint density at radius 3 is 2.25 bits per heavy atom. The van der Waals surface area contributed by atoms with E-state index in [0.717, 1.165) is 0 Å². The van der Waals surface area contributed by atoms with Crippen LogP contribution in [0.1, 0.15) is 13.8 Å². The van der Waals surface area contributed by atoms with Gasteiger partial charge in [0, 0.05) is 39.3 Å². The first kappa shape index (κ1) is 20.8. The number of piperazine rings is 1. The van der Waals surface area contributed by atoms with Crippen LogP contribution in [0.2, 0.25) is 5.02 Å². The lowest BCUT2D eigenvalue weighted by atomic mass is 10.3. The third-order valence-corrected chi connectivity index (χ3v) is 7.38. The SMILES string of the molecule is CCN(CC)S(=O)(=O)N1CCN(c2cnn(-c3ccccc3)c(=O)c2Cl)CC1. The Labute approximate surface area is 170 Å². The van der Waals surface area contributed by atoms with Crippen LogP contribution in [0, 0.1) is 0 Å². The first-order valence-electron chi connectivity index (χ1n) is 9.23. The van der Waals surface area contributed by atoms with Gasteiger partial charge in [-0.1, -0.05) is 43.6 Å². The second kappa shape index (κ2) is 8.60. The average Bonchev–Trinajstić information content (AvgIpc) is 2.71. The maximum Gasteiger partial charge on any atom is 0.292 e. The maximum atomic E-state index is 12.7. The monoisotopic (exact) mass is 425 g/mol. The average molecular weight is 426 g/mol. The molecule has 0 atom stereocenters. The van der Waals surface area contributed by atoms with E-state index in [1.807, 2.05) is 36.9 Å². The minimum atomic E-state index is -3.47. The molecule has 3 rings (SSSR count). The Morgan fingerprint density at radius 1 is 1.07 bits per heavy atom. The van der Waals surface area contributed by atoms with E-state index in [1.165, 1.54) is 13.3 Å². The third kappa shape index (κ3) is 3.93. The van der Waals surface area contributed by atoms with Gasteiger partial charge in [0.2, 0.25) is 0 Å². The van der Waals surface area contributed by atoms with Crippen LogP contribution in [0.3, 0.4) is 0 Å². The van der Waals surface area contributed by atoms with Gasteiger partial charge < -0.3 is 4.90 Å². The van der Waals surface area contributed by atoms with Crippen LogP contribution >= 0.6 is 11.6 Å². The zero-order valence-corrected chi connectivity index (χ0v) is 17.5. The number of aromatic nitrogens is 2.